The van der Waals surface area contributed by atoms with Gasteiger partial charge in [-0.2, -0.15) is 0 Å². The molecule has 1 N–H and O–H groups in total. The fraction of sp³-hybridized carbons (Fsp3) is 0.667. The first-order valence-corrected chi connectivity index (χ1v) is 6.23. The van der Waals surface area contributed by atoms with E-state index in [1.807, 2.05) is 6.92 Å². The van der Waals surface area contributed by atoms with Gasteiger partial charge in [-0.1, -0.05) is 6.92 Å². The molecule has 0 unspecified atom stereocenters. The van der Waals surface area contributed by atoms with Gasteiger partial charge in [-0.05, 0) is 25.9 Å². The average molecular weight is 237 g/mol. The van der Waals surface area contributed by atoms with Crippen LogP contribution in [0.25, 0.3) is 0 Å². The van der Waals surface area contributed by atoms with E-state index >= 15 is 0 Å². The van der Waals surface area contributed by atoms with Crippen molar-refractivity contribution in [3.05, 3.63) is 22.2 Å². The summed E-state index contributed by atoms with van der Waals surface area (Å²) >= 11 is 0. The second-order valence-corrected chi connectivity index (χ2v) is 4.28. The molecule has 0 saturated carbocycles. The van der Waals surface area contributed by atoms with Crippen molar-refractivity contribution < 1.29 is 4.74 Å². The second kappa shape index (κ2) is 5.82. The van der Waals surface area contributed by atoms with E-state index in [1.165, 1.54) is 18.9 Å². The van der Waals surface area contributed by atoms with Gasteiger partial charge >= 0.3 is 0 Å². The summed E-state index contributed by atoms with van der Waals surface area (Å²) in [6.07, 6.45) is 3.27. The fourth-order valence-corrected chi connectivity index (χ4v) is 2.01. The van der Waals surface area contributed by atoms with Gasteiger partial charge in [0.1, 0.15) is 12.4 Å². The Morgan fingerprint density at radius 3 is 2.94 bits per heavy atom. The zero-order valence-corrected chi connectivity index (χ0v) is 10.2. The number of aromatic amines is 1. The number of nitrogens with zero attached hydrogens (tertiary/aromatic N) is 2. The molecule has 0 amide bonds. The molecule has 2 heterocycles. The van der Waals surface area contributed by atoms with Gasteiger partial charge in [0.2, 0.25) is 5.88 Å². The molecule has 0 aliphatic carbocycles. The Labute approximate surface area is 101 Å². The summed E-state index contributed by atoms with van der Waals surface area (Å²) in [5.74, 6) is 1.11. The van der Waals surface area contributed by atoms with Crippen LogP contribution >= 0.6 is 0 Å². The van der Waals surface area contributed by atoms with Gasteiger partial charge in [-0.15, -0.1) is 0 Å². The van der Waals surface area contributed by atoms with E-state index in [2.05, 4.69) is 14.9 Å². The monoisotopic (exact) mass is 237 g/mol. The Morgan fingerprint density at radius 1 is 1.47 bits per heavy atom. The molecule has 0 spiro atoms. The molecule has 0 aromatic carbocycles. The minimum Gasteiger partial charge on any atom is -0.476 e. The van der Waals surface area contributed by atoms with Crippen LogP contribution in [-0.4, -0.2) is 41.1 Å². The lowest BCUT2D eigenvalue weighted by molar-refractivity contribution is 0.231. The molecule has 1 saturated heterocycles. The number of H-pyrrole nitrogens is 1. The van der Waals surface area contributed by atoms with E-state index in [0.717, 1.165) is 19.6 Å². The first-order chi connectivity index (χ1) is 8.28. The minimum absolute atomic E-state index is 0.145. The van der Waals surface area contributed by atoms with E-state index in [9.17, 15) is 4.79 Å². The predicted molar refractivity (Wildman–Crippen MR) is 65.4 cm³/mol. The first-order valence-electron chi connectivity index (χ1n) is 6.23. The van der Waals surface area contributed by atoms with Gasteiger partial charge in [-0.3, -0.25) is 9.69 Å². The van der Waals surface area contributed by atoms with Crippen molar-refractivity contribution in [3.63, 3.8) is 0 Å². The maximum absolute atomic E-state index is 11.3. The van der Waals surface area contributed by atoms with Crippen LogP contribution in [0.15, 0.2) is 10.9 Å². The number of aryl methyl sites for hydroxylation is 1. The van der Waals surface area contributed by atoms with E-state index < -0.39 is 0 Å². The third-order valence-electron chi connectivity index (χ3n) is 2.96. The van der Waals surface area contributed by atoms with Gasteiger partial charge < -0.3 is 9.72 Å². The Hall–Kier alpha value is -1.36. The van der Waals surface area contributed by atoms with Gasteiger partial charge in [-0.25, -0.2) is 4.98 Å². The molecule has 17 heavy (non-hydrogen) atoms. The van der Waals surface area contributed by atoms with Gasteiger partial charge in [0, 0.05) is 13.0 Å². The van der Waals surface area contributed by atoms with Crippen molar-refractivity contribution in [2.45, 2.75) is 26.2 Å². The Balaban J connectivity index is 1.85. The van der Waals surface area contributed by atoms with E-state index in [1.54, 1.807) is 0 Å². The smallest absolute Gasteiger partial charge is 0.254 e. The van der Waals surface area contributed by atoms with Crippen molar-refractivity contribution in [2.24, 2.45) is 0 Å². The zero-order chi connectivity index (χ0) is 12.1. The summed E-state index contributed by atoms with van der Waals surface area (Å²) in [5.41, 5.74) is -0.145. The number of aromatic nitrogens is 2. The van der Waals surface area contributed by atoms with Crippen LogP contribution in [0.2, 0.25) is 0 Å². The molecule has 94 valence electrons. The number of ether oxygens (including phenoxy) is 1. The van der Waals surface area contributed by atoms with Crippen LogP contribution in [0.5, 0.6) is 5.88 Å². The highest BCUT2D eigenvalue weighted by Crippen LogP contribution is 2.07. The molecule has 1 fully saturated rings. The summed E-state index contributed by atoms with van der Waals surface area (Å²) in [6.45, 7) is 5.78. The maximum atomic E-state index is 11.3. The molecule has 0 atom stereocenters. The van der Waals surface area contributed by atoms with Crippen LogP contribution in [-0.2, 0) is 6.42 Å². The molecular weight excluding hydrogens is 218 g/mol. The molecule has 0 bridgehead atoms. The fourth-order valence-electron chi connectivity index (χ4n) is 2.01. The standard InChI is InChI=1S/C12H19N3O2/c1-2-10-13-11(16)9-12(14-10)17-8-7-15-5-3-4-6-15/h9H,2-8H2,1H3,(H,13,14,16). The maximum Gasteiger partial charge on any atom is 0.254 e. The highest BCUT2D eigenvalue weighted by atomic mass is 16.5. The normalized spacial score (nSPS) is 16.3. The first kappa shape index (κ1) is 12.1. The third-order valence-corrected chi connectivity index (χ3v) is 2.96. The zero-order valence-electron chi connectivity index (χ0n) is 10.2. The van der Waals surface area contributed by atoms with Crippen LogP contribution in [0.3, 0.4) is 0 Å². The minimum atomic E-state index is -0.145. The lowest BCUT2D eigenvalue weighted by Crippen LogP contribution is -2.25. The number of rotatable bonds is 5. The summed E-state index contributed by atoms with van der Waals surface area (Å²) in [7, 11) is 0. The summed E-state index contributed by atoms with van der Waals surface area (Å²) in [5, 5.41) is 0. The molecule has 1 aliphatic rings. The van der Waals surface area contributed by atoms with Crippen molar-refractivity contribution in [2.75, 3.05) is 26.2 Å². The lowest BCUT2D eigenvalue weighted by atomic mass is 10.4. The number of likely N-dealkylation sites (tertiary alicyclic amines) is 1. The molecule has 5 heteroatoms. The Morgan fingerprint density at radius 2 is 2.24 bits per heavy atom. The quantitative estimate of drug-likeness (QED) is 0.823. The van der Waals surface area contributed by atoms with E-state index in [4.69, 9.17) is 4.74 Å². The van der Waals surface area contributed by atoms with Gasteiger partial charge in [0.25, 0.3) is 5.56 Å². The molecular formula is C12H19N3O2. The van der Waals surface area contributed by atoms with Crippen molar-refractivity contribution >= 4 is 0 Å². The van der Waals surface area contributed by atoms with Crippen LogP contribution in [0.1, 0.15) is 25.6 Å². The molecule has 1 aromatic rings. The largest absolute Gasteiger partial charge is 0.476 e. The van der Waals surface area contributed by atoms with Gasteiger partial charge in [0.15, 0.2) is 0 Å². The van der Waals surface area contributed by atoms with Crippen LogP contribution in [0.4, 0.5) is 0 Å². The SMILES string of the molecule is CCc1nc(OCCN2CCCC2)cc(=O)[nH]1. The number of hydrogen-bond donors (Lipinski definition) is 1. The summed E-state index contributed by atoms with van der Waals surface area (Å²) in [4.78, 5) is 20.6. The molecule has 2 rings (SSSR count). The van der Waals surface area contributed by atoms with E-state index in [-0.39, 0.29) is 5.56 Å². The third kappa shape index (κ3) is 3.56. The number of nitrogens with one attached hydrogen (secondary N) is 1. The highest BCUT2D eigenvalue weighted by Gasteiger charge is 2.11. The Kier molecular flexibility index (Phi) is 4.14. The van der Waals surface area contributed by atoms with Crippen molar-refractivity contribution in [1.82, 2.24) is 14.9 Å². The highest BCUT2D eigenvalue weighted by molar-refractivity contribution is 5.08. The van der Waals surface area contributed by atoms with Crippen LogP contribution < -0.4 is 10.3 Å². The Bertz CT molecular complexity index is 410. The molecule has 1 aromatic heterocycles. The van der Waals surface area contributed by atoms with Crippen LogP contribution in [0, 0.1) is 0 Å². The van der Waals surface area contributed by atoms with E-state index in [0.29, 0.717) is 24.7 Å². The topological polar surface area (TPSA) is 58.2 Å². The summed E-state index contributed by atoms with van der Waals surface area (Å²) in [6, 6.07) is 1.41. The van der Waals surface area contributed by atoms with Crippen molar-refractivity contribution in [1.29, 1.82) is 0 Å². The van der Waals surface area contributed by atoms with Crippen molar-refractivity contribution in [3.8, 4) is 5.88 Å². The molecule has 5 nitrogen and oxygen atoms in total. The average Bonchev–Trinajstić information content (AvgIpc) is 2.81. The second-order valence-electron chi connectivity index (χ2n) is 4.28. The molecule has 0 radical (unpaired) electrons. The molecule has 1 aliphatic heterocycles. The predicted octanol–water partition coefficient (Wildman–Crippen LogP) is 0.807. The lowest BCUT2D eigenvalue weighted by Gasteiger charge is -2.14. The number of hydrogen-bond acceptors (Lipinski definition) is 4. The summed E-state index contributed by atoms with van der Waals surface area (Å²) < 4.78 is 5.52. The van der Waals surface area contributed by atoms with Gasteiger partial charge in [0.05, 0.1) is 6.07 Å².